The quantitative estimate of drug-likeness (QED) is 0.485. The van der Waals surface area contributed by atoms with Gasteiger partial charge in [0.05, 0.1) is 12.7 Å². The van der Waals surface area contributed by atoms with Crippen LogP contribution in [0.25, 0.3) is 11.3 Å². The zero-order chi connectivity index (χ0) is 21.4. The van der Waals surface area contributed by atoms with E-state index < -0.39 is 17.6 Å². The Morgan fingerprint density at radius 1 is 1.10 bits per heavy atom. The molecule has 1 aliphatic heterocycles. The summed E-state index contributed by atoms with van der Waals surface area (Å²) in [6.45, 7) is 0. The van der Waals surface area contributed by atoms with Crippen molar-refractivity contribution >= 4 is 11.7 Å². The molecule has 2 N–H and O–H groups in total. The number of aromatic hydroxyl groups is 1. The third kappa shape index (κ3) is 3.54. The summed E-state index contributed by atoms with van der Waals surface area (Å²) in [4.78, 5) is 17.8. The summed E-state index contributed by atoms with van der Waals surface area (Å²) in [6.07, 6.45) is 3.92. The molecule has 0 amide bonds. The molecule has 6 nitrogen and oxygen atoms in total. The summed E-state index contributed by atoms with van der Waals surface area (Å²) < 4.78 is 21.5. The first kappa shape index (κ1) is 19.0. The normalized spacial score (nSPS) is 15.0. The maximum atomic E-state index is 14.6. The number of benzene rings is 2. The van der Waals surface area contributed by atoms with Crippen LogP contribution < -0.4 is 9.88 Å². The molecule has 0 bridgehead atoms. The van der Waals surface area contributed by atoms with Crippen molar-refractivity contribution in [1.29, 1.82) is 0 Å². The predicted molar refractivity (Wildman–Crippen MR) is 111 cm³/mol. The zero-order valence-corrected chi connectivity index (χ0v) is 16.5. The van der Waals surface area contributed by atoms with Crippen molar-refractivity contribution in [2.45, 2.75) is 18.9 Å². The monoisotopic (exact) mass is 416 g/mol. The highest BCUT2D eigenvalue weighted by Crippen LogP contribution is 2.29. The van der Waals surface area contributed by atoms with Crippen LogP contribution in [0, 0.1) is 5.82 Å². The van der Waals surface area contributed by atoms with Gasteiger partial charge in [0.25, 0.3) is 0 Å². The largest absolute Gasteiger partial charge is 0.505 e. The van der Waals surface area contributed by atoms with E-state index in [0.29, 0.717) is 30.1 Å². The first-order valence-electron chi connectivity index (χ1n) is 9.90. The number of carbonyl (C=O) groups is 1. The summed E-state index contributed by atoms with van der Waals surface area (Å²) in [5.41, 5.74) is 2.03. The van der Waals surface area contributed by atoms with Gasteiger partial charge in [-0.1, -0.05) is 36.4 Å². The van der Waals surface area contributed by atoms with E-state index in [1.54, 1.807) is 18.4 Å². The van der Waals surface area contributed by atoms with Gasteiger partial charge in [0.1, 0.15) is 23.3 Å². The molecule has 1 unspecified atom stereocenters. The van der Waals surface area contributed by atoms with E-state index in [0.717, 1.165) is 5.56 Å². The summed E-state index contributed by atoms with van der Waals surface area (Å²) in [6, 6.07) is 17.2. The highest BCUT2D eigenvalue weighted by atomic mass is 19.1. The molecule has 0 fully saturated rings. The van der Waals surface area contributed by atoms with Crippen molar-refractivity contribution < 1.29 is 23.3 Å². The summed E-state index contributed by atoms with van der Waals surface area (Å²) in [5.74, 6) is -0.142. The van der Waals surface area contributed by atoms with Crippen LogP contribution in [-0.2, 0) is 12.8 Å². The average Bonchev–Trinajstić information content (AvgIpc) is 3.40. The van der Waals surface area contributed by atoms with E-state index in [4.69, 9.17) is 4.42 Å². The number of hydrogen-bond acceptors (Lipinski definition) is 5. The van der Waals surface area contributed by atoms with Gasteiger partial charge < -0.3 is 9.52 Å². The number of fused-ring (bicyclic) bond motifs is 1. The fraction of sp³-hybridized carbons (Fsp3) is 0.125. The third-order valence-electron chi connectivity index (χ3n) is 5.32. The second kappa shape index (κ2) is 7.68. The van der Waals surface area contributed by atoms with Crippen molar-refractivity contribution in [3.8, 4) is 17.0 Å². The molecule has 31 heavy (non-hydrogen) atoms. The number of hydrogen-bond donors (Lipinski definition) is 2. The minimum Gasteiger partial charge on any atom is -0.505 e. The van der Waals surface area contributed by atoms with Crippen LogP contribution >= 0.6 is 0 Å². The molecule has 0 aliphatic carbocycles. The lowest BCUT2D eigenvalue weighted by molar-refractivity contribution is -0.552. The van der Waals surface area contributed by atoms with Gasteiger partial charge in [-0.05, 0) is 29.8 Å². The van der Waals surface area contributed by atoms with E-state index in [2.05, 4.69) is 10.3 Å². The van der Waals surface area contributed by atoms with Crippen LogP contribution in [0.4, 0.5) is 10.2 Å². The van der Waals surface area contributed by atoms with Crippen molar-refractivity contribution in [2.24, 2.45) is 0 Å². The summed E-state index contributed by atoms with van der Waals surface area (Å²) in [5, 5.41) is 13.1. The molecule has 154 valence electrons. The molecule has 0 radical (unpaired) electrons. The van der Waals surface area contributed by atoms with Gasteiger partial charge in [-0.3, -0.25) is 5.32 Å². The Morgan fingerprint density at radius 3 is 2.71 bits per heavy atom. The average molecular weight is 416 g/mol. The number of halogens is 1. The Balaban J connectivity index is 1.60. The second-order valence-corrected chi connectivity index (χ2v) is 7.41. The van der Waals surface area contributed by atoms with E-state index in [9.17, 15) is 14.3 Å². The van der Waals surface area contributed by atoms with Gasteiger partial charge in [0, 0.05) is 12.0 Å². The molecule has 2 aromatic heterocycles. The fourth-order valence-electron chi connectivity index (χ4n) is 3.80. The van der Waals surface area contributed by atoms with Gasteiger partial charge in [-0.25, -0.2) is 14.2 Å². The van der Waals surface area contributed by atoms with E-state index in [1.807, 2.05) is 36.4 Å². The fourth-order valence-corrected chi connectivity index (χ4v) is 3.80. The van der Waals surface area contributed by atoms with Crippen LogP contribution in [0.1, 0.15) is 21.8 Å². The van der Waals surface area contributed by atoms with E-state index >= 15 is 0 Å². The van der Waals surface area contributed by atoms with E-state index in [1.165, 1.54) is 22.9 Å². The van der Waals surface area contributed by atoms with Crippen molar-refractivity contribution in [2.75, 3.05) is 5.32 Å². The Hall–Kier alpha value is -4.00. The number of phenols is 1. The lowest BCUT2D eigenvalue weighted by Crippen LogP contribution is -2.44. The Kier molecular flexibility index (Phi) is 4.71. The molecule has 3 heterocycles. The minimum absolute atomic E-state index is 0.131. The molecule has 0 spiro atoms. The Bertz CT molecular complexity index is 1260. The molecule has 1 aliphatic rings. The van der Waals surface area contributed by atoms with Crippen molar-refractivity contribution in [3.63, 3.8) is 0 Å². The van der Waals surface area contributed by atoms with Gasteiger partial charge >= 0.3 is 11.7 Å². The van der Waals surface area contributed by atoms with Crippen molar-refractivity contribution in [3.05, 3.63) is 96.0 Å². The molecule has 7 heteroatoms. The maximum absolute atomic E-state index is 14.6. The topological polar surface area (TPSA) is 79.2 Å². The summed E-state index contributed by atoms with van der Waals surface area (Å²) >= 11 is 0. The lowest BCUT2D eigenvalue weighted by Gasteiger charge is -2.08. The first-order chi connectivity index (χ1) is 15.1. The highest BCUT2D eigenvalue weighted by Gasteiger charge is 2.41. The molecule has 2 aromatic carbocycles. The number of nitrogens with zero attached hydrogens (tertiary/aromatic N) is 2. The van der Waals surface area contributed by atoms with Crippen LogP contribution in [0.2, 0.25) is 0 Å². The highest BCUT2D eigenvalue weighted by molar-refractivity contribution is 5.82. The lowest BCUT2D eigenvalue weighted by atomic mass is 10.1. The van der Waals surface area contributed by atoms with Crippen molar-refractivity contribution in [1.82, 2.24) is 4.98 Å². The molecule has 4 aromatic rings. The SMILES string of the molecule is O=C1C(Cc2ccco2)Nc2c(Cc3ccccc3)nc(-c3cccc(O)c3F)c[n+]21. The standard InChI is InChI=1S/C24H18FN3O3/c25-22-17(9-4-10-21(22)29)20-14-28-23(18(26-20)12-15-6-2-1-3-7-15)27-19(24(28)30)13-16-8-5-11-31-16/h1-11,14,19,29H,12-13H2/p+1. The zero-order valence-electron chi connectivity index (χ0n) is 16.5. The number of anilines is 1. The Morgan fingerprint density at radius 2 is 1.94 bits per heavy atom. The van der Waals surface area contributed by atoms with E-state index in [-0.39, 0.29) is 17.2 Å². The van der Waals surface area contributed by atoms with Gasteiger partial charge in [0.15, 0.2) is 11.6 Å². The molecule has 5 rings (SSSR count). The summed E-state index contributed by atoms with van der Waals surface area (Å²) in [7, 11) is 0. The number of nitrogens with one attached hydrogen (secondary N) is 1. The number of aromatic nitrogens is 2. The maximum Gasteiger partial charge on any atom is 0.359 e. The predicted octanol–water partition coefficient (Wildman–Crippen LogP) is 3.74. The van der Waals surface area contributed by atoms with Gasteiger partial charge in [-0.2, -0.15) is 4.57 Å². The van der Waals surface area contributed by atoms with Gasteiger partial charge in [0.2, 0.25) is 6.04 Å². The van der Waals surface area contributed by atoms with Crippen LogP contribution in [0.3, 0.4) is 0 Å². The van der Waals surface area contributed by atoms with Crippen LogP contribution in [0.5, 0.6) is 5.75 Å². The van der Waals surface area contributed by atoms with Crippen LogP contribution in [0.15, 0.2) is 77.5 Å². The smallest absolute Gasteiger partial charge is 0.359 e. The van der Waals surface area contributed by atoms with Gasteiger partial charge in [-0.15, -0.1) is 0 Å². The minimum atomic E-state index is -0.772. The molecule has 0 saturated carbocycles. The molecular weight excluding hydrogens is 397 g/mol. The number of phenolic OH excluding ortho intramolecular Hbond substituents is 1. The second-order valence-electron chi connectivity index (χ2n) is 7.41. The number of rotatable bonds is 5. The molecule has 1 atom stereocenters. The Labute approximate surface area is 177 Å². The van der Waals surface area contributed by atoms with Crippen LogP contribution in [-0.4, -0.2) is 22.0 Å². The third-order valence-corrected chi connectivity index (χ3v) is 5.32. The molecular formula is C24H19FN3O3+. The molecule has 0 saturated heterocycles. The number of furan rings is 1. The number of carbonyl (C=O) groups excluding carboxylic acids is 1. The first-order valence-corrected chi connectivity index (χ1v) is 9.90.